The maximum atomic E-state index is 10.5. The molecule has 0 fully saturated rings. The first-order chi connectivity index (χ1) is 8.60. The molecule has 0 bridgehead atoms. The summed E-state index contributed by atoms with van der Waals surface area (Å²) in [7, 11) is 0. The fourth-order valence-corrected chi connectivity index (χ4v) is 1.17. The van der Waals surface area contributed by atoms with E-state index in [1.807, 2.05) is 30.3 Å². The summed E-state index contributed by atoms with van der Waals surface area (Å²) >= 11 is 0. The summed E-state index contributed by atoms with van der Waals surface area (Å²) in [5.41, 5.74) is 1.08. The highest BCUT2D eigenvalue weighted by Gasteiger charge is 2.04. The standard InChI is InChI=1S/C8H8O.C6H12O3/c9-7-6-8-4-2-1-3-5-8;1-3-9-6(8)4-5(2)7/h1-5,7H,6H2;5,7H,3-4H2,1-2H3. The van der Waals surface area contributed by atoms with Gasteiger partial charge in [-0.1, -0.05) is 30.3 Å². The van der Waals surface area contributed by atoms with Crippen LogP contribution in [-0.2, 0) is 20.7 Å². The third kappa shape index (κ3) is 9.54. The minimum atomic E-state index is -0.593. The molecule has 1 aromatic carbocycles. The molecular weight excluding hydrogens is 232 g/mol. The molecule has 0 aliphatic rings. The van der Waals surface area contributed by atoms with E-state index in [-0.39, 0.29) is 12.4 Å². The normalized spacial score (nSPS) is 10.8. The summed E-state index contributed by atoms with van der Waals surface area (Å²) in [5, 5.41) is 8.65. The number of aldehydes is 1. The van der Waals surface area contributed by atoms with Crippen LogP contribution in [0.15, 0.2) is 30.3 Å². The van der Waals surface area contributed by atoms with Crippen LogP contribution in [0.1, 0.15) is 25.8 Å². The number of aliphatic hydroxyl groups excluding tert-OH is 1. The van der Waals surface area contributed by atoms with Crippen LogP contribution in [0.25, 0.3) is 0 Å². The smallest absolute Gasteiger partial charge is 0.308 e. The number of carbonyl (C=O) groups is 2. The molecule has 4 nitrogen and oxygen atoms in total. The van der Waals surface area contributed by atoms with Gasteiger partial charge in [-0.15, -0.1) is 0 Å². The molecule has 1 atom stereocenters. The van der Waals surface area contributed by atoms with Gasteiger partial charge in [0, 0.05) is 6.42 Å². The van der Waals surface area contributed by atoms with Crippen molar-refractivity contribution in [1.29, 1.82) is 0 Å². The molecule has 0 aliphatic carbocycles. The fourth-order valence-electron chi connectivity index (χ4n) is 1.17. The molecule has 0 saturated heterocycles. The SMILES string of the molecule is CCOC(=O)CC(C)O.O=CCc1ccccc1. The van der Waals surface area contributed by atoms with Gasteiger partial charge in [0.15, 0.2) is 0 Å². The Hall–Kier alpha value is -1.68. The predicted molar refractivity (Wildman–Crippen MR) is 69.1 cm³/mol. The highest BCUT2D eigenvalue weighted by Crippen LogP contribution is 1.96. The summed E-state index contributed by atoms with van der Waals surface area (Å²) in [6.07, 6.45) is 0.938. The van der Waals surface area contributed by atoms with Gasteiger partial charge in [-0.25, -0.2) is 0 Å². The lowest BCUT2D eigenvalue weighted by atomic mass is 10.2. The van der Waals surface area contributed by atoms with Crippen molar-refractivity contribution in [1.82, 2.24) is 0 Å². The van der Waals surface area contributed by atoms with Crippen molar-refractivity contribution in [2.24, 2.45) is 0 Å². The zero-order chi connectivity index (χ0) is 13.8. The van der Waals surface area contributed by atoms with Gasteiger partial charge in [0.05, 0.1) is 19.1 Å². The van der Waals surface area contributed by atoms with Crippen molar-refractivity contribution in [3.05, 3.63) is 35.9 Å². The van der Waals surface area contributed by atoms with E-state index >= 15 is 0 Å². The quantitative estimate of drug-likeness (QED) is 0.640. The van der Waals surface area contributed by atoms with Crippen LogP contribution in [0.4, 0.5) is 0 Å². The summed E-state index contributed by atoms with van der Waals surface area (Å²) in [6, 6.07) is 9.68. The van der Waals surface area contributed by atoms with Crippen LogP contribution in [0.5, 0.6) is 0 Å². The lowest BCUT2D eigenvalue weighted by molar-refractivity contribution is -0.145. The van der Waals surface area contributed by atoms with Crippen molar-refractivity contribution < 1.29 is 19.4 Å². The van der Waals surface area contributed by atoms with Gasteiger partial charge < -0.3 is 14.6 Å². The number of ether oxygens (including phenoxy) is 1. The number of carbonyl (C=O) groups excluding carboxylic acids is 2. The lowest BCUT2D eigenvalue weighted by Crippen LogP contribution is -2.11. The van der Waals surface area contributed by atoms with Gasteiger partial charge in [0.2, 0.25) is 0 Å². The average Bonchev–Trinajstić information content (AvgIpc) is 2.31. The number of aliphatic hydroxyl groups is 1. The third-order valence-electron chi connectivity index (χ3n) is 1.93. The first kappa shape index (κ1) is 16.3. The Morgan fingerprint density at radius 2 is 2.00 bits per heavy atom. The monoisotopic (exact) mass is 252 g/mol. The van der Waals surface area contributed by atoms with Gasteiger partial charge in [-0.2, -0.15) is 0 Å². The second-order valence-electron chi connectivity index (χ2n) is 3.71. The number of benzene rings is 1. The molecule has 0 saturated carbocycles. The number of rotatable bonds is 5. The van der Waals surface area contributed by atoms with Crippen molar-refractivity contribution in [3.63, 3.8) is 0 Å². The molecule has 100 valence electrons. The molecule has 1 N–H and O–H groups in total. The molecule has 0 heterocycles. The first-order valence-electron chi connectivity index (χ1n) is 5.91. The average molecular weight is 252 g/mol. The lowest BCUT2D eigenvalue weighted by Gasteiger charge is -2.01. The Labute approximate surface area is 108 Å². The van der Waals surface area contributed by atoms with Crippen molar-refractivity contribution in [2.45, 2.75) is 32.8 Å². The molecular formula is C14H20O4. The second-order valence-corrected chi connectivity index (χ2v) is 3.71. The Morgan fingerprint density at radius 3 is 2.44 bits per heavy atom. The summed E-state index contributed by atoms with van der Waals surface area (Å²) < 4.78 is 4.55. The molecule has 0 aromatic heterocycles. The van der Waals surface area contributed by atoms with Crippen molar-refractivity contribution in [3.8, 4) is 0 Å². The van der Waals surface area contributed by atoms with Gasteiger partial charge in [-0.3, -0.25) is 4.79 Å². The number of esters is 1. The highest BCUT2D eigenvalue weighted by atomic mass is 16.5. The second kappa shape index (κ2) is 10.5. The van der Waals surface area contributed by atoms with E-state index in [1.165, 1.54) is 0 Å². The molecule has 4 heteroatoms. The minimum Gasteiger partial charge on any atom is -0.466 e. The summed E-state index contributed by atoms with van der Waals surface area (Å²) in [5.74, 6) is -0.340. The largest absolute Gasteiger partial charge is 0.466 e. The Bertz CT molecular complexity index is 333. The predicted octanol–water partition coefficient (Wildman–Crippen LogP) is 1.75. The van der Waals surface area contributed by atoms with Crippen LogP contribution in [0.3, 0.4) is 0 Å². The van der Waals surface area contributed by atoms with E-state index in [0.29, 0.717) is 13.0 Å². The van der Waals surface area contributed by atoms with Crippen LogP contribution >= 0.6 is 0 Å². The number of hydrogen-bond acceptors (Lipinski definition) is 4. The van der Waals surface area contributed by atoms with E-state index in [2.05, 4.69) is 4.74 Å². The van der Waals surface area contributed by atoms with E-state index in [1.54, 1.807) is 13.8 Å². The maximum absolute atomic E-state index is 10.5. The molecule has 0 spiro atoms. The molecule has 1 aromatic rings. The van der Waals surface area contributed by atoms with Crippen molar-refractivity contribution in [2.75, 3.05) is 6.61 Å². The van der Waals surface area contributed by atoms with Gasteiger partial charge in [0.25, 0.3) is 0 Å². The Morgan fingerprint density at radius 1 is 1.39 bits per heavy atom. The Balaban J connectivity index is 0.000000321. The molecule has 1 unspecified atom stereocenters. The topological polar surface area (TPSA) is 63.6 Å². The van der Waals surface area contributed by atoms with Crippen LogP contribution in [0, 0.1) is 0 Å². The molecule has 18 heavy (non-hydrogen) atoms. The van der Waals surface area contributed by atoms with Crippen LogP contribution in [-0.4, -0.2) is 30.1 Å². The van der Waals surface area contributed by atoms with E-state index in [9.17, 15) is 9.59 Å². The van der Waals surface area contributed by atoms with E-state index in [4.69, 9.17) is 5.11 Å². The van der Waals surface area contributed by atoms with Crippen LogP contribution in [0.2, 0.25) is 0 Å². The number of hydrogen-bond donors (Lipinski definition) is 1. The highest BCUT2D eigenvalue weighted by molar-refractivity contribution is 5.69. The minimum absolute atomic E-state index is 0.0911. The molecule has 1 rings (SSSR count). The summed E-state index contributed by atoms with van der Waals surface area (Å²) in [4.78, 5) is 20.4. The Kier molecular flexibility index (Phi) is 9.50. The molecule has 0 aliphatic heterocycles. The van der Waals surface area contributed by atoms with Crippen LogP contribution < -0.4 is 0 Å². The summed E-state index contributed by atoms with van der Waals surface area (Å²) in [6.45, 7) is 3.67. The van der Waals surface area contributed by atoms with E-state index in [0.717, 1.165) is 11.8 Å². The third-order valence-corrected chi connectivity index (χ3v) is 1.93. The fraction of sp³-hybridized carbons (Fsp3) is 0.429. The zero-order valence-electron chi connectivity index (χ0n) is 10.8. The molecule has 0 amide bonds. The van der Waals surface area contributed by atoms with Gasteiger partial charge >= 0.3 is 5.97 Å². The van der Waals surface area contributed by atoms with Gasteiger partial charge in [0.1, 0.15) is 6.29 Å². The maximum Gasteiger partial charge on any atom is 0.308 e. The van der Waals surface area contributed by atoms with E-state index < -0.39 is 6.10 Å². The first-order valence-corrected chi connectivity index (χ1v) is 5.91. The van der Waals surface area contributed by atoms with Crippen molar-refractivity contribution >= 4 is 12.3 Å². The molecule has 0 radical (unpaired) electrons. The zero-order valence-corrected chi connectivity index (χ0v) is 10.8. The van der Waals surface area contributed by atoms with Gasteiger partial charge in [-0.05, 0) is 19.4 Å².